The van der Waals surface area contributed by atoms with E-state index in [0.29, 0.717) is 0 Å². The molecule has 0 bridgehead atoms. The van der Waals surface area contributed by atoms with Crippen molar-refractivity contribution >= 4 is 17.7 Å². The molecule has 0 aromatic carbocycles. The maximum atomic E-state index is 11.1. The number of nitrogens with zero attached hydrogens (tertiary/aromatic N) is 1. The van der Waals surface area contributed by atoms with Gasteiger partial charge in [0.25, 0.3) is 5.91 Å². The number of carbonyl (C=O) groups is 2. The molecule has 1 rings (SSSR count). The highest BCUT2D eigenvalue weighted by atomic mass is 16.5. The summed E-state index contributed by atoms with van der Waals surface area (Å²) in [4.78, 5) is 27.8. The number of anilines is 1. The molecule has 0 spiro atoms. The van der Waals surface area contributed by atoms with Crippen LogP contribution in [0, 0.1) is 0 Å². The van der Waals surface area contributed by atoms with Crippen LogP contribution in [-0.2, 0) is 4.74 Å². The van der Waals surface area contributed by atoms with Gasteiger partial charge in [0.15, 0.2) is 5.82 Å². The quantitative estimate of drug-likeness (QED) is 0.552. The van der Waals surface area contributed by atoms with E-state index in [1.807, 2.05) is 0 Å². The minimum absolute atomic E-state index is 0.0898. The fourth-order valence-corrected chi connectivity index (χ4v) is 0.871. The molecule has 0 radical (unpaired) electrons. The van der Waals surface area contributed by atoms with Crippen molar-refractivity contribution in [2.45, 2.75) is 6.92 Å². The molecule has 7 heteroatoms. The standard InChI is InChI=1S/C7H10N4O3/c1-2-14-7(13)6-10-3(5(9)12)4(8)11-6/h2,8H2,1H3,(H2,9,12)(H,10,11). The van der Waals surface area contributed by atoms with Crippen LogP contribution in [0.25, 0.3) is 0 Å². The number of hydrogen-bond donors (Lipinski definition) is 3. The largest absolute Gasteiger partial charge is 0.460 e. The predicted molar refractivity (Wildman–Crippen MR) is 47.5 cm³/mol. The van der Waals surface area contributed by atoms with Crippen molar-refractivity contribution in [3.63, 3.8) is 0 Å². The number of rotatable bonds is 3. The van der Waals surface area contributed by atoms with Crippen LogP contribution in [0.5, 0.6) is 0 Å². The average molecular weight is 198 g/mol. The Labute approximate surface area is 79.4 Å². The lowest BCUT2D eigenvalue weighted by atomic mass is 10.4. The van der Waals surface area contributed by atoms with Crippen molar-refractivity contribution < 1.29 is 14.3 Å². The van der Waals surface area contributed by atoms with E-state index >= 15 is 0 Å². The van der Waals surface area contributed by atoms with Crippen molar-refractivity contribution in [1.82, 2.24) is 9.97 Å². The SMILES string of the molecule is CCOC(=O)c1nc(N)c(C(N)=O)[nH]1. The summed E-state index contributed by atoms with van der Waals surface area (Å²) in [6.45, 7) is 1.87. The smallest absolute Gasteiger partial charge is 0.374 e. The molecule has 1 heterocycles. The molecule has 0 saturated heterocycles. The van der Waals surface area contributed by atoms with Crippen LogP contribution >= 0.6 is 0 Å². The lowest BCUT2D eigenvalue weighted by Crippen LogP contribution is -2.14. The van der Waals surface area contributed by atoms with Gasteiger partial charge in [-0.05, 0) is 6.92 Å². The third-order valence-corrected chi connectivity index (χ3v) is 1.45. The summed E-state index contributed by atoms with van der Waals surface area (Å²) in [7, 11) is 0. The number of ether oxygens (including phenoxy) is 1. The molecule has 1 amide bonds. The van der Waals surface area contributed by atoms with E-state index < -0.39 is 11.9 Å². The van der Waals surface area contributed by atoms with Gasteiger partial charge >= 0.3 is 5.97 Å². The third kappa shape index (κ3) is 1.82. The molecule has 0 unspecified atom stereocenters. The fraction of sp³-hybridized carbons (Fsp3) is 0.286. The number of primary amides is 1. The number of H-pyrrole nitrogens is 1. The van der Waals surface area contributed by atoms with Crippen molar-refractivity contribution in [3.05, 3.63) is 11.5 Å². The molecular weight excluding hydrogens is 188 g/mol. The minimum atomic E-state index is -0.773. The van der Waals surface area contributed by atoms with Gasteiger partial charge in [-0.15, -0.1) is 0 Å². The van der Waals surface area contributed by atoms with Crippen LogP contribution in [0.2, 0.25) is 0 Å². The second-order valence-corrected chi connectivity index (χ2v) is 2.43. The highest BCUT2D eigenvalue weighted by molar-refractivity contribution is 5.97. The zero-order valence-corrected chi connectivity index (χ0v) is 7.53. The Morgan fingerprint density at radius 2 is 2.21 bits per heavy atom. The van der Waals surface area contributed by atoms with Crippen LogP contribution in [0.1, 0.15) is 28.0 Å². The first-order valence-electron chi connectivity index (χ1n) is 3.88. The molecular formula is C7H10N4O3. The Balaban J connectivity index is 2.96. The molecule has 0 saturated carbocycles. The molecule has 1 aromatic rings. The number of hydrogen-bond acceptors (Lipinski definition) is 5. The van der Waals surface area contributed by atoms with Crippen molar-refractivity contribution in [3.8, 4) is 0 Å². The number of esters is 1. The Kier molecular flexibility index (Phi) is 2.70. The highest BCUT2D eigenvalue weighted by Crippen LogP contribution is 2.07. The summed E-state index contributed by atoms with van der Waals surface area (Å²) in [6, 6.07) is 0. The summed E-state index contributed by atoms with van der Waals surface area (Å²) in [6.07, 6.45) is 0. The lowest BCUT2D eigenvalue weighted by molar-refractivity contribution is 0.0513. The van der Waals surface area contributed by atoms with E-state index in [1.54, 1.807) is 6.92 Å². The summed E-state index contributed by atoms with van der Waals surface area (Å²) < 4.78 is 4.64. The molecule has 0 aliphatic rings. The Morgan fingerprint density at radius 3 is 2.64 bits per heavy atom. The van der Waals surface area contributed by atoms with Gasteiger partial charge in [-0.3, -0.25) is 4.79 Å². The highest BCUT2D eigenvalue weighted by Gasteiger charge is 2.17. The molecule has 1 aromatic heterocycles. The monoisotopic (exact) mass is 198 g/mol. The maximum absolute atomic E-state index is 11.1. The molecule has 14 heavy (non-hydrogen) atoms. The van der Waals surface area contributed by atoms with E-state index in [9.17, 15) is 9.59 Å². The minimum Gasteiger partial charge on any atom is -0.460 e. The van der Waals surface area contributed by atoms with Gasteiger partial charge in [0, 0.05) is 0 Å². The van der Waals surface area contributed by atoms with Crippen LogP contribution in [-0.4, -0.2) is 28.5 Å². The molecule has 0 atom stereocenters. The molecule has 0 aliphatic heterocycles. The molecule has 7 nitrogen and oxygen atoms in total. The molecule has 5 N–H and O–H groups in total. The van der Waals surface area contributed by atoms with E-state index in [4.69, 9.17) is 11.5 Å². The zero-order chi connectivity index (χ0) is 10.7. The third-order valence-electron chi connectivity index (χ3n) is 1.45. The van der Waals surface area contributed by atoms with Gasteiger partial charge in [-0.25, -0.2) is 9.78 Å². The van der Waals surface area contributed by atoms with Gasteiger partial charge < -0.3 is 21.2 Å². The van der Waals surface area contributed by atoms with Crippen LogP contribution in [0.15, 0.2) is 0 Å². The number of imidazole rings is 1. The number of aromatic amines is 1. The summed E-state index contributed by atoms with van der Waals surface area (Å²) in [5.74, 6) is -1.68. The van der Waals surface area contributed by atoms with Crippen molar-refractivity contribution in [1.29, 1.82) is 0 Å². The van der Waals surface area contributed by atoms with Gasteiger partial charge in [0.1, 0.15) is 5.69 Å². The summed E-state index contributed by atoms with van der Waals surface area (Å²) >= 11 is 0. The number of nitrogens with two attached hydrogens (primary N) is 2. The fourth-order valence-electron chi connectivity index (χ4n) is 0.871. The summed E-state index contributed by atoms with van der Waals surface area (Å²) in [5, 5.41) is 0. The van der Waals surface area contributed by atoms with Gasteiger partial charge in [0.05, 0.1) is 6.61 Å². The van der Waals surface area contributed by atoms with Gasteiger partial charge in [-0.1, -0.05) is 0 Å². The predicted octanol–water partition coefficient (Wildman–Crippen LogP) is -0.732. The van der Waals surface area contributed by atoms with Crippen LogP contribution < -0.4 is 11.5 Å². The van der Waals surface area contributed by atoms with Gasteiger partial charge in [0.2, 0.25) is 5.82 Å². The Hall–Kier alpha value is -2.05. The van der Waals surface area contributed by atoms with Gasteiger partial charge in [-0.2, -0.15) is 0 Å². The number of nitrogen functional groups attached to an aromatic ring is 1. The zero-order valence-electron chi connectivity index (χ0n) is 7.53. The topological polar surface area (TPSA) is 124 Å². The van der Waals surface area contributed by atoms with Crippen molar-refractivity contribution in [2.75, 3.05) is 12.3 Å². The number of nitrogens with one attached hydrogen (secondary N) is 1. The molecule has 0 fully saturated rings. The van der Waals surface area contributed by atoms with E-state index in [-0.39, 0.29) is 23.9 Å². The second-order valence-electron chi connectivity index (χ2n) is 2.43. The lowest BCUT2D eigenvalue weighted by Gasteiger charge is -1.95. The normalized spacial score (nSPS) is 9.79. The number of carbonyl (C=O) groups excluding carboxylic acids is 2. The molecule has 0 aliphatic carbocycles. The maximum Gasteiger partial charge on any atom is 0.374 e. The average Bonchev–Trinajstić information content (AvgIpc) is 2.48. The summed E-state index contributed by atoms with van der Waals surface area (Å²) in [5.41, 5.74) is 10.2. The first-order valence-corrected chi connectivity index (χ1v) is 3.88. The van der Waals surface area contributed by atoms with Crippen molar-refractivity contribution in [2.24, 2.45) is 5.73 Å². The Bertz CT molecular complexity index is 371. The number of amides is 1. The number of aromatic nitrogens is 2. The van der Waals surface area contributed by atoms with E-state index in [1.165, 1.54) is 0 Å². The second kappa shape index (κ2) is 3.77. The van der Waals surface area contributed by atoms with Crippen LogP contribution in [0.3, 0.4) is 0 Å². The molecule has 76 valence electrons. The van der Waals surface area contributed by atoms with Crippen LogP contribution in [0.4, 0.5) is 5.82 Å². The first kappa shape index (κ1) is 10.0. The first-order chi connectivity index (χ1) is 6.56. The van der Waals surface area contributed by atoms with E-state index in [2.05, 4.69) is 14.7 Å². The Morgan fingerprint density at radius 1 is 1.57 bits per heavy atom. The van der Waals surface area contributed by atoms with E-state index in [0.717, 1.165) is 0 Å².